The zero-order valence-corrected chi connectivity index (χ0v) is 15.0. The molecule has 0 amide bonds. The third kappa shape index (κ3) is 9.66. The van der Waals surface area contributed by atoms with Gasteiger partial charge in [0.25, 0.3) is 0 Å². The highest BCUT2D eigenvalue weighted by atomic mass is 16.6. The van der Waals surface area contributed by atoms with Crippen LogP contribution in [0.4, 0.5) is 0 Å². The predicted molar refractivity (Wildman–Crippen MR) is 95.4 cm³/mol. The Kier molecular flexibility index (Phi) is 11.1. The predicted octanol–water partition coefficient (Wildman–Crippen LogP) is 4.61. The van der Waals surface area contributed by atoms with Crippen molar-refractivity contribution in [3.8, 4) is 0 Å². The van der Waals surface area contributed by atoms with Crippen molar-refractivity contribution in [2.75, 3.05) is 0 Å². The maximum Gasteiger partial charge on any atom is 0.333 e. The minimum absolute atomic E-state index is 0.159. The van der Waals surface area contributed by atoms with Crippen LogP contribution in [0.1, 0.15) is 84.0 Å². The van der Waals surface area contributed by atoms with Gasteiger partial charge in [0.1, 0.15) is 0 Å². The van der Waals surface area contributed by atoms with E-state index in [0.717, 1.165) is 12.8 Å². The van der Waals surface area contributed by atoms with Gasteiger partial charge in [-0.3, -0.25) is 4.79 Å². The molecular formula is C20H32O4. The molecule has 1 heterocycles. The number of hydrogen-bond acceptors (Lipinski definition) is 4. The third-order valence-electron chi connectivity index (χ3n) is 4.28. The number of ether oxygens (including phenoxy) is 1. The Morgan fingerprint density at radius 3 is 2.33 bits per heavy atom. The second-order valence-electron chi connectivity index (χ2n) is 6.49. The molecule has 1 N–H and O–H groups in total. The van der Waals surface area contributed by atoms with Crippen molar-refractivity contribution in [3.05, 3.63) is 23.8 Å². The zero-order valence-electron chi connectivity index (χ0n) is 15.0. The van der Waals surface area contributed by atoms with Gasteiger partial charge in [0.2, 0.25) is 6.29 Å². The van der Waals surface area contributed by atoms with Crippen LogP contribution < -0.4 is 0 Å². The van der Waals surface area contributed by atoms with Gasteiger partial charge in [-0.2, -0.15) is 0 Å². The van der Waals surface area contributed by atoms with Gasteiger partial charge in [0, 0.05) is 18.1 Å². The van der Waals surface area contributed by atoms with Crippen molar-refractivity contribution >= 4 is 11.8 Å². The number of rotatable bonds is 14. The fourth-order valence-corrected chi connectivity index (χ4v) is 2.80. The lowest BCUT2D eigenvalue weighted by Crippen LogP contribution is -2.09. The monoisotopic (exact) mass is 336 g/mol. The van der Waals surface area contributed by atoms with Crippen LogP contribution in [0, 0.1) is 0 Å². The van der Waals surface area contributed by atoms with E-state index < -0.39 is 12.3 Å². The third-order valence-corrected chi connectivity index (χ3v) is 4.28. The largest absolute Gasteiger partial charge is 0.429 e. The maximum atomic E-state index is 11.7. The Balaban J connectivity index is 1.96. The summed E-state index contributed by atoms with van der Waals surface area (Å²) in [5.41, 5.74) is 0.580. The van der Waals surface area contributed by atoms with Crippen LogP contribution in [0.15, 0.2) is 23.8 Å². The highest BCUT2D eigenvalue weighted by Gasteiger charge is 2.22. The molecule has 0 saturated carbocycles. The zero-order chi connectivity index (χ0) is 17.6. The summed E-state index contributed by atoms with van der Waals surface area (Å²) in [6, 6.07) is 0. The van der Waals surface area contributed by atoms with Crippen molar-refractivity contribution < 1.29 is 19.4 Å². The average molecular weight is 336 g/mol. The molecule has 0 aliphatic carbocycles. The van der Waals surface area contributed by atoms with Gasteiger partial charge in [0.05, 0.1) is 0 Å². The summed E-state index contributed by atoms with van der Waals surface area (Å²) >= 11 is 0. The topological polar surface area (TPSA) is 63.6 Å². The molecule has 1 unspecified atom stereocenters. The fraction of sp³-hybridized carbons (Fsp3) is 0.700. The minimum Gasteiger partial charge on any atom is -0.429 e. The van der Waals surface area contributed by atoms with E-state index in [1.54, 1.807) is 6.08 Å². The van der Waals surface area contributed by atoms with Crippen molar-refractivity contribution in [3.63, 3.8) is 0 Å². The lowest BCUT2D eigenvalue weighted by atomic mass is 10.1. The van der Waals surface area contributed by atoms with Gasteiger partial charge in [-0.1, -0.05) is 64.4 Å². The number of aliphatic hydroxyl groups excluding tert-OH is 1. The molecule has 4 heteroatoms. The molecule has 1 aliphatic rings. The molecule has 1 atom stereocenters. The van der Waals surface area contributed by atoms with Crippen LogP contribution in [0.2, 0.25) is 0 Å². The number of carbonyl (C=O) groups excluding carboxylic acids is 2. The van der Waals surface area contributed by atoms with Crippen molar-refractivity contribution in [1.82, 2.24) is 0 Å². The normalized spacial score (nSPS) is 17.3. The van der Waals surface area contributed by atoms with E-state index >= 15 is 0 Å². The van der Waals surface area contributed by atoms with Gasteiger partial charge in [0.15, 0.2) is 5.78 Å². The number of esters is 1. The lowest BCUT2D eigenvalue weighted by molar-refractivity contribution is -0.151. The first-order valence-corrected chi connectivity index (χ1v) is 9.42. The smallest absolute Gasteiger partial charge is 0.333 e. The molecule has 4 nitrogen and oxygen atoms in total. The van der Waals surface area contributed by atoms with Crippen LogP contribution in [0.25, 0.3) is 0 Å². The number of ketones is 1. The Hall–Kier alpha value is -1.42. The van der Waals surface area contributed by atoms with E-state index in [2.05, 4.69) is 11.7 Å². The van der Waals surface area contributed by atoms with Gasteiger partial charge in [-0.25, -0.2) is 4.79 Å². The molecular weight excluding hydrogens is 304 g/mol. The molecule has 24 heavy (non-hydrogen) atoms. The van der Waals surface area contributed by atoms with Crippen LogP contribution in [0.3, 0.4) is 0 Å². The molecule has 0 fully saturated rings. The summed E-state index contributed by atoms with van der Waals surface area (Å²) in [5, 5.41) is 9.41. The first-order valence-electron chi connectivity index (χ1n) is 9.42. The van der Waals surface area contributed by atoms with Crippen molar-refractivity contribution in [2.45, 2.75) is 90.3 Å². The molecule has 0 bridgehead atoms. The summed E-state index contributed by atoms with van der Waals surface area (Å²) in [6.45, 7) is 2.23. The number of cyclic esters (lactones) is 1. The highest BCUT2D eigenvalue weighted by Crippen LogP contribution is 2.18. The summed E-state index contributed by atoms with van der Waals surface area (Å²) in [7, 11) is 0. The number of hydrogen-bond donors (Lipinski definition) is 1. The van der Waals surface area contributed by atoms with Gasteiger partial charge in [-0.05, 0) is 25.3 Å². The molecule has 0 saturated heterocycles. The summed E-state index contributed by atoms with van der Waals surface area (Å²) < 4.78 is 4.60. The average Bonchev–Trinajstić information content (AvgIpc) is 2.87. The van der Waals surface area contributed by atoms with Crippen LogP contribution >= 0.6 is 0 Å². The maximum absolute atomic E-state index is 11.7. The SMILES string of the molecule is CCCCCCCCCCCC(=O)/C=C/CCC1=CC(=O)OC1O. The summed E-state index contributed by atoms with van der Waals surface area (Å²) in [5.74, 6) is -0.339. The van der Waals surface area contributed by atoms with Crippen molar-refractivity contribution in [1.29, 1.82) is 0 Å². The molecule has 1 rings (SSSR count). The Labute approximate surface area is 146 Å². The quantitative estimate of drug-likeness (QED) is 0.286. The second kappa shape index (κ2) is 12.9. The molecule has 136 valence electrons. The molecule has 0 aromatic carbocycles. The first-order chi connectivity index (χ1) is 11.6. The number of carbonyl (C=O) groups is 2. The van der Waals surface area contributed by atoms with E-state index in [-0.39, 0.29) is 5.78 Å². The first kappa shape index (κ1) is 20.6. The number of allylic oxidation sites excluding steroid dienone is 2. The second-order valence-corrected chi connectivity index (χ2v) is 6.49. The Morgan fingerprint density at radius 1 is 1.12 bits per heavy atom. The van der Waals surface area contributed by atoms with E-state index in [4.69, 9.17) is 0 Å². The van der Waals surface area contributed by atoms with E-state index in [0.29, 0.717) is 24.8 Å². The van der Waals surface area contributed by atoms with Crippen LogP contribution in [0.5, 0.6) is 0 Å². The summed E-state index contributed by atoms with van der Waals surface area (Å²) in [4.78, 5) is 22.7. The van der Waals surface area contributed by atoms with E-state index in [1.165, 1.54) is 51.0 Å². The van der Waals surface area contributed by atoms with Crippen LogP contribution in [-0.4, -0.2) is 23.1 Å². The fourth-order valence-electron chi connectivity index (χ4n) is 2.80. The Bertz CT molecular complexity index is 437. The van der Waals surface area contributed by atoms with Crippen molar-refractivity contribution in [2.24, 2.45) is 0 Å². The molecule has 0 radical (unpaired) electrons. The molecule has 1 aliphatic heterocycles. The molecule has 0 aromatic rings. The standard InChI is InChI=1S/C20H32O4/c1-2-3-4-5-6-7-8-9-10-14-18(21)15-12-11-13-17-16-19(22)24-20(17)23/h12,15-16,20,23H,2-11,13-14H2,1H3/b15-12+. The highest BCUT2D eigenvalue weighted by molar-refractivity contribution is 5.89. The van der Waals surface area contributed by atoms with E-state index in [1.807, 2.05) is 6.08 Å². The molecule has 0 aromatic heterocycles. The number of aliphatic hydroxyl groups is 1. The summed E-state index contributed by atoms with van der Waals surface area (Å²) in [6.07, 6.45) is 16.7. The van der Waals surface area contributed by atoms with E-state index in [9.17, 15) is 14.7 Å². The minimum atomic E-state index is -1.11. The van der Waals surface area contributed by atoms with Gasteiger partial charge in [-0.15, -0.1) is 0 Å². The van der Waals surface area contributed by atoms with Crippen LogP contribution in [-0.2, 0) is 14.3 Å². The van der Waals surface area contributed by atoms with Gasteiger partial charge < -0.3 is 9.84 Å². The number of unbranched alkanes of at least 4 members (excludes halogenated alkanes) is 8. The van der Waals surface area contributed by atoms with Gasteiger partial charge >= 0.3 is 5.97 Å². The lowest BCUT2D eigenvalue weighted by Gasteiger charge is -2.05. The Morgan fingerprint density at radius 2 is 1.75 bits per heavy atom. The molecule has 0 spiro atoms.